The number of fused-ring (bicyclic) bond motifs is 15. The minimum Gasteiger partial charge on any atom is -0.508 e. The lowest BCUT2D eigenvalue weighted by atomic mass is 9.94. The first-order chi connectivity index (χ1) is 42.2. The van der Waals surface area contributed by atoms with E-state index in [2.05, 4.69) is 31.6 Å². The van der Waals surface area contributed by atoms with Gasteiger partial charge in [0.05, 0.1) is 30.1 Å². The van der Waals surface area contributed by atoms with Gasteiger partial charge in [-0.1, -0.05) is 106 Å². The minimum atomic E-state index is -2.07. The molecule has 8 aromatic rings. The fourth-order valence-corrected chi connectivity index (χ4v) is 11.7. The number of carbonyl (C=O) groups excluding carboxylic acids is 7. The quantitative estimate of drug-likeness (QED) is 0.0473. The summed E-state index contributed by atoms with van der Waals surface area (Å²) in [5.41, 5.74) is 0.449. The molecular weight excluding hydrogens is 1280 g/mol. The summed E-state index contributed by atoms with van der Waals surface area (Å²) in [5, 5.41) is 75.0. The van der Waals surface area contributed by atoms with Crippen LogP contribution in [0.1, 0.15) is 67.9 Å². The number of carboxylic acids is 1. The van der Waals surface area contributed by atoms with Gasteiger partial charge >= 0.3 is 5.97 Å². The van der Waals surface area contributed by atoms with Crippen LogP contribution in [0.25, 0.3) is 22.0 Å². The number of carbonyl (C=O) groups is 8. The maximum Gasteiger partial charge on any atom is 0.330 e. The summed E-state index contributed by atoms with van der Waals surface area (Å²) in [6, 6.07) is 13.3. The topological polar surface area (TPSA) is 346 Å². The molecule has 28 heteroatoms. The van der Waals surface area contributed by atoms with Crippen molar-refractivity contribution in [2.24, 2.45) is 0 Å². The van der Waals surface area contributed by atoms with Crippen molar-refractivity contribution >= 4 is 128 Å². The van der Waals surface area contributed by atoms with E-state index >= 15 is 19.2 Å². The number of likely N-dealkylation sites (N-methyl/N-ethyl adjacent to an activating group) is 1. The molecule has 456 valence electrons. The molecule has 22 nitrogen and oxygen atoms in total. The average molecular weight is 1330 g/mol. The van der Waals surface area contributed by atoms with Crippen LogP contribution in [-0.4, -0.2) is 107 Å². The van der Waals surface area contributed by atoms with Crippen LogP contribution in [0.3, 0.4) is 0 Å². The Bertz CT molecular complexity index is 4210. The molecule has 6 atom stereocenters. The number of H-pyrrole nitrogens is 1. The van der Waals surface area contributed by atoms with Gasteiger partial charge in [0.2, 0.25) is 35.3 Å². The van der Waals surface area contributed by atoms with Crippen LogP contribution >= 0.6 is 69.6 Å². The largest absolute Gasteiger partial charge is 0.508 e. The molecule has 0 saturated heterocycles. The number of halogens is 6. The second-order valence-electron chi connectivity index (χ2n) is 20.6. The van der Waals surface area contributed by atoms with Crippen LogP contribution in [0.15, 0.2) is 121 Å². The highest BCUT2D eigenvalue weighted by Gasteiger charge is 2.40. The number of ether oxygens (including phenoxy) is 1. The van der Waals surface area contributed by atoms with Gasteiger partial charge in [-0.2, -0.15) is 0 Å². The second kappa shape index (κ2) is 25.4. The SMILES string of the molecule is CN1C(=O)[C@@H](c2cc(Cl)c(O)c(Cl)c2)NC(=O)[C@@H]2NC(=O)[C@H](c3cc(Cl)c(O)c(Cl)c3)NC(=O)[C@@H](NC(=O)C(=O)c3cc(Cl)c(O)c(Cl)c3)Cc3c[nH]c4cc(ccc34)-c3cc2cc(c3O)Oc2ccc(cc2)C[C@@H]1C(=O)N[C@@H](C(=O)O)c1ccc(O)cc1. The number of hydrogen-bond donors (Lipinski definition) is 12. The molecule has 7 aromatic carbocycles. The van der Waals surface area contributed by atoms with Crippen LogP contribution in [-0.2, 0) is 46.4 Å². The number of aromatic nitrogens is 1. The number of benzene rings is 7. The summed E-state index contributed by atoms with van der Waals surface area (Å²) in [6.07, 6.45) is 0.782. The number of nitrogens with one attached hydrogen (secondary N) is 6. The fourth-order valence-electron chi connectivity index (χ4n) is 10.2. The number of carboxylic acid groups (broad SMARTS) is 1. The van der Waals surface area contributed by atoms with E-state index in [1.807, 2.05) is 0 Å². The van der Waals surface area contributed by atoms with E-state index in [4.69, 9.17) is 74.3 Å². The third-order valence-corrected chi connectivity index (χ3v) is 16.6. The number of aromatic hydroxyl groups is 5. The molecule has 0 aliphatic carbocycles. The number of ketones is 1. The number of nitrogens with zero attached hydrogens (tertiary/aromatic N) is 1. The predicted molar refractivity (Wildman–Crippen MR) is 326 cm³/mol. The summed E-state index contributed by atoms with van der Waals surface area (Å²) in [5.74, 6) is -12.7. The van der Waals surface area contributed by atoms with Crippen molar-refractivity contribution in [3.8, 4) is 51.4 Å². The molecule has 0 saturated carbocycles. The van der Waals surface area contributed by atoms with Gasteiger partial charge in [-0.3, -0.25) is 33.6 Å². The number of rotatable bonds is 9. The van der Waals surface area contributed by atoms with Gasteiger partial charge < -0.3 is 71.8 Å². The highest BCUT2D eigenvalue weighted by atomic mass is 35.5. The van der Waals surface area contributed by atoms with Crippen LogP contribution in [0.5, 0.6) is 40.2 Å². The lowest BCUT2D eigenvalue weighted by Crippen LogP contribution is -2.55. The van der Waals surface area contributed by atoms with Gasteiger partial charge in [0.15, 0.2) is 34.8 Å². The van der Waals surface area contributed by atoms with Gasteiger partial charge in [-0.05, 0) is 118 Å². The molecule has 0 unspecified atom stereocenters. The van der Waals surface area contributed by atoms with E-state index < -0.39 is 133 Å². The first kappa shape index (κ1) is 62.6. The molecule has 4 aliphatic rings. The van der Waals surface area contributed by atoms with Crippen LogP contribution in [0, 0.1) is 0 Å². The summed E-state index contributed by atoms with van der Waals surface area (Å²) >= 11 is 38.0. The van der Waals surface area contributed by atoms with Crippen LogP contribution in [0.2, 0.25) is 30.1 Å². The van der Waals surface area contributed by atoms with Crippen molar-refractivity contribution in [2.75, 3.05) is 7.05 Å². The molecule has 5 heterocycles. The molecule has 9 bridgehead atoms. The van der Waals surface area contributed by atoms with Crippen molar-refractivity contribution < 1.29 is 73.7 Å². The normalized spacial score (nSPS) is 18.2. The Morgan fingerprint density at radius 3 is 1.71 bits per heavy atom. The molecular formula is C61H45Cl6N7O15. The highest BCUT2D eigenvalue weighted by molar-refractivity contribution is 6.45. The van der Waals surface area contributed by atoms with Crippen molar-refractivity contribution in [3.05, 3.63) is 191 Å². The Kier molecular flexibility index (Phi) is 17.8. The smallest absolute Gasteiger partial charge is 0.330 e. The third-order valence-electron chi connectivity index (χ3n) is 14.9. The van der Waals surface area contributed by atoms with E-state index in [1.54, 1.807) is 18.2 Å². The lowest BCUT2D eigenvalue weighted by Gasteiger charge is -2.33. The molecule has 6 amide bonds. The molecule has 12 N–H and O–H groups in total. The van der Waals surface area contributed by atoms with Gasteiger partial charge in [-0.15, -0.1) is 0 Å². The summed E-state index contributed by atoms with van der Waals surface area (Å²) < 4.78 is 6.37. The Morgan fingerprint density at radius 2 is 1.13 bits per heavy atom. The lowest BCUT2D eigenvalue weighted by molar-refractivity contribution is -0.145. The van der Waals surface area contributed by atoms with Gasteiger partial charge in [-0.25, -0.2) is 4.79 Å². The molecule has 1 aromatic heterocycles. The zero-order chi connectivity index (χ0) is 64.0. The van der Waals surface area contributed by atoms with E-state index in [1.165, 1.54) is 73.9 Å². The Labute approximate surface area is 532 Å². The van der Waals surface area contributed by atoms with Gasteiger partial charge in [0.25, 0.3) is 5.91 Å². The Hall–Kier alpha value is -9.42. The standard InChI is InChI=1S/C61H45Cl6N7O15/c1-74-44(56(82)73-49(61(87)88)25-4-7-32(75)8-5-25)12-24-2-9-33(10-3-24)89-45-22-27-13-35(51(45)77)26-6-11-34-31(23-68-42(34)20-26)21-43(69-59(85)50(76)30-18-40(66)54(80)41(67)19-30)55(81)70-47(28-14-36(62)52(78)37(63)15-28)57(83)71-46(27)58(84)72-48(60(74)86)29-16-38(64)53(79)39(65)17-29/h2-11,13-20,22-23,43-44,46-49,68,75,77-80H,12,21H2,1H3,(H,69,85)(H,70,81)(H,71,83)(H,72,84)(H,73,82)(H,87,88)/t43-,44+,46+,47-,48+,49+/m0/s1. The monoisotopic (exact) mass is 1330 g/mol. The molecule has 0 fully saturated rings. The number of amides is 6. The molecule has 89 heavy (non-hydrogen) atoms. The number of aromatic amines is 1. The first-order valence-electron chi connectivity index (χ1n) is 26.4. The van der Waals surface area contributed by atoms with E-state index in [0.717, 1.165) is 41.3 Å². The second-order valence-corrected chi connectivity index (χ2v) is 23.1. The minimum absolute atomic E-state index is 0.00208. The Balaban J connectivity index is 1.15. The Morgan fingerprint density at radius 1 is 0.607 bits per heavy atom. The highest BCUT2D eigenvalue weighted by Crippen LogP contribution is 2.44. The molecule has 4 aliphatic heterocycles. The van der Waals surface area contributed by atoms with Crippen LogP contribution in [0.4, 0.5) is 0 Å². The molecule has 12 rings (SSSR count). The molecule has 0 radical (unpaired) electrons. The van der Waals surface area contributed by atoms with Crippen LogP contribution < -0.4 is 31.3 Å². The zero-order valence-corrected chi connectivity index (χ0v) is 50.0. The maximum absolute atomic E-state index is 15.8. The van der Waals surface area contributed by atoms with Crippen molar-refractivity contribution in [1.82, 2.24) is 36.5 Å². The van der Waals surface area contributed by atoms with Crippen molar-refractivity contribution in [1.29, 1.82) is 0 Å². The third kappa shape index (κ3) is 13.0. The average Bonchev–Trinajstić information content (AvgIpc) is 1.98. The molecule has 0 spiro atoms. The summed E-state index contributed by atoms with van der Waals surface area (Å²) in [6.45, 7) is 0. The number of aliphatic carboxylic acids is 1. The zero-order valence-electron chi connectivity index (χ0n) is 45.5. The number of Topliss-reactive ketones (excluding diaryl/α,β-unsaturated/α-hetero) is 1. The van der Waals surface area contributed by atoms with E-state index in [0.29, 0.717) is 22.0 Å². The first-order valence-corrected chi connectivity index (χ1v) is 28.6. The van der Waals surface area contributed by atoms with E-state index in [9.17, 15) is 49.8 Å². The fraction of sp³-hybridized carbons (Fsp3) is 0.148. The van der Waals surface area contributed by atoms with Gasteiger partial charge in [0, 0.05) is 48.1 Å². The van der Waals surface area contributed by atoms with E-state index in [-0.39, 0.29) is 72.7 Å². The summed E-state index contributed by atoms with van der Waals surface area (Å²) in [7, 11) is 1.19. The predicted octanol–water partition coefficient (Wildman–Crippen LogP) is 9.20. The number of phenolic OH excluding ortho intramolecular Hbond substituents is 5. The van der Waals surface area contributed by atoms with Gasteiger partial charge in [0.1, 0.15) is 41.7 Å². The number of phenols is 5. The van der Waals surface area contributed by atoms with Crippen molar-refractivity contribution in [3.63, 3.8) is 0 Å². The summed E-state index contributed by atoms with van der Waals surface area (Å²) in [4.78, 5) is 121. The van der Waals surface area contributed by atoms with Crippen molar-refractivity contribution in [2.45, 2.75) is 49.1 Å². The maximum atomic E-state index is 15.8. The number of hydrogen-bond acceptors (Lipinski definition) is 14.